The summed E-state index contributed by atoms with van der Waals surface area (Å²) in [4.78, 5) is 16.5. The summed E-state index contributed by atoms with van der Waals surface area (Å²) in [7, 11) is 0. The van der Waals surface area contributed by atoms with Crippen LogP contribution in [0.1, 0.15) is 62.4 Å². The summed E-state index contributed by atoms with van der Waals surface area (Å²) >= 11 is 0. The number of aliphatic imine (C=N–C) groups is 1. The molecule has 152 valence electrons. The quantitative estimate of drug-likeness (QED) is 0.606. The lowest BCUT2D eigenvalue weighted by Gasteiger charge is -2.22. The molecule has 0 bridgehead atoms. The summed E-state index contributed by atoms with van der Waals surface area (Å²) in [6.45, 7) is 5.53. The Bertz CT molecular complexity index is 935. The zero-order valence-corrected chi connectivity index (χ0v) is 17.1. The van der Waals surface area contributed by atoms with Gasteiger partial charge in [0.05, 0.1) is 17.1 Å². The van der Waals surface area contributed by atoms with Gasteiger partial charge in [-0.25, -0.2) is 4.79 Å². The van der Waals surface area contributed by atoms with Gasteiger partial charge in [-0.15, -0.1) is 0 Å². The maximum Gasteiger partial charge on any atom is 0.319 e. The SMILES string of the molecule is C=Nc1c2c(n(-c3ccc(NC(=O)NC4CCCCC4)cc3)c1C(C)=N)CCC2. The second-order valence-electron chi connectivity index (χ2n) is 8.07. The molecule has 3 N–H and O–H groups in total. The molecule has 0 atom stereocenters. The first-order valence-electron chi connectivity index (χ1n) is 10.5. The van der Waals surface area contributed by atoms with Crippen LogP contribution in [0.15, 0.2) is 29.3 Å². The molecule has 1 saturated carbocycles. The van der Waals surface area contributed by atoms with Crippen LogP contribution in [-0.4, -0.2) is 29.1 Å². The van der Waals surface area contributed by atoms with Crippen LogP contribution in [0.3, 0.4) is 0 Å². The Morgan fingerprint density at radius 3 is 2.52 bits per heavy atom. The van der Waals surface area contributed by atoms with Gasteiger partial charge in [0.15, 0.2) is 0 Å². The van der Waals surface area contributed by atoms with E-state index in [1.54, 1.807) is 6.92 Å². The molecule has 6 heteroatoms. The molecule has 2 aromatic rings. The molecule has 2 amide bonds. The van der Waals surface area contributed by atoms with Crippen LogP contribution < -0.4 is 10.6 Å². The van der Waals surface area contributed by atoms with E-state index in [2.05, 4.69) is 26.9 Å². The van der Waals surface area contributed by atoms with Crippen LogP contribution in [0.4, 0.5) is 16.2 Å². The highest BCUT2D eigenvalue weighted by Crippen LogP contribution is 2.39. The molecular weight excluding hydrogens is 362 g/mol. The van der Waals surface area contributed by atoms with E-state index in [-0.39, 0.29) is 12.1 Å². The van der Waals surface area contributed by atoms with E-state index in [9.17, 15) is 4.79 Å². The van der Waals surface area contributed by atoms with Gasteiger partial charge in [0, 0.05) is 23.1 Å². The van der Waals surface area contributed by atoms with Crippen LogP contribution in [0.5, 0.6) is 0 Å². The first-order valence-corrected chi connectivity index (χ1v) is 10.5. The molecule has 0 radical (unpaired) electrons. The monoisotopic (exact) mass is 391 g/mol. The minimum absolute atomic E-state index is 0.138. The minimum atomic E-state index is -0.138. The first-order chi connectivity index (χ1) is 14.1. The van der Waals surface area contributed by atoms with Gasteiger partial charge in [-0.05, 0) is 75.6 Å². The van der Waals surface area contributed by atoms with Gasteiger partial charge in [0.1, 0.15) is 0 Å². The third kappa shape index (κ3) is 3.84. The zero-order chi connectivity index (χ0) is 20.4. The highest BCUT2D eigenvalue weighted by molar-refractivity contribution is 6.01. The second kappa shape index (κ2) is 8.23. The number of urea groups is 1. The fraction of sp³-hybridized carbons (Fsp3) is 0.435. The Labute approximate surface area is 171 Å². The van der Waals surface area contributed by atoms with Crippen molar-refractivity contribution in [1.82, 2.24) is 9.88 Å². The van der Waals surface area contributed by atoms with Crippen LogP contribution in [0.25, 0.3) is 5.69 Å². The molecular formula is C23H29N5O. The van der Waals surface area contributed by atoms with Gasteiger partial charge >= 0.3 is 6.03 Å². The number of fused-ring (bicyclic) bond motifs is 1. The lowest BCUT2D eigenvalue weighted by atomic mass is 9.96. The number of carbonyl (C=O) groups excluding carboxylic acids is 1. The van der Waals surface area contributed by atoms with Crippen molar-refractivity contribution in [3.63, 3.8) is 0 Å². The minimum Gasteiger partial charge on any atom is -0.335 e. The number of nitrogens with zero attached hydrogens (tertiary/aromatic N) is 2. The summed E-state index contributed by atoms with van der Waals surface area (Å²) in [5.41, 5.74) is 6.34. The first kappa shape index (κ1) is 19.4. The van der Waals surface area contributed by atoms with Gasteiger partial charge in [-0.1, -0.05) is 19.3 Å². The number of amides is 2. The van der Waals surface area contributed by atoms with Crippen molar-refractivity contribution in [2.45, 2.75) is 64.3 Å². The Kier molecular flexibility index (Phi) is 5.51. The molecule has 1 aromatic heterocycles. The van der Waals surface area contributed by atoms with Gasteiger partial charge in [0.2, 0.25) is 0 Å². The van der Waals surface area contributed by atoms with Gasteiger partial charge in [-0.3, -0.25) is 4.99 Å². The van der Waals surface area contributed by atoms with Gasteiger partial charge in [-0.2, -0.15) is 0 Å². The van der Waals surface area contributed by atoms with E-state index < -0.39 is 0 Å². The third-order valence-corrected chi connectivity index (χ3v) is 6.03. The molecule has 0 spiro atoms. The zero-order valence-electron chi connectivity index (χ0n) is 17.1. The predicted octanol–water partition coefficient (Wildman–Crippen LogP) is 5.14. The summed E-state index contributed by atoms with van der Waals surface area (Å²) in [5, 5.41) is 14.3. The van der Waals surface area contributed by atoms with E-state index >= 15 is 0 Å². The van der Waals surface area contributed by atoms with Gasteiger partial charge < -0.3 is 20.6 Å². The number of anilines is 1. The maximum absolute atomic E-state index is 12.3. The average molecular weight is 392 g/mol. The Morgan fingerprint density at radius 2 is 1.86 bits per heavy atom. The molecule has 0 saturated heterocycles. The number of nitrogens with one attached hydrogen (secondary N) is 3. The molecule has 2 aliphatic carbocycles. The summed E-state index contributed by atoms with van der Waals surface area (Å²) in [6, 6.07) is 7.97. The van der Waals surface area contributed by atoms with Crippen molar-refractivity contribution in [1.29, 1.82) is 5.41 Å². The summed E-state index contributed by atoms with van der Waals surface area (Å²) in [6.07, 6.45) is 8.85. The standard InChI is InChI=1S/C23H29N5O/c1-15(24)22-21(25-2)19-9-6-10-20(19)28(22)18-13-11-17(12-14-18)27-23(29)26-16-7-4-3-5-8-16/h11-14,16,24H,2-10H2,1H3,(H2,26,27,29). The van der Waals surface area contributed by atoms with Crippen LogP contribution in [-0.2, 0) is 12.8 Å². The highest BCUT2D eigenvalue weighted by atomic mass is 16.2. The molecule has 4 rings (SSSR count). The van der Waals surface area contributed by atoms with Crippen LogP contribution in [0, 0.1) is 5.41 Å². The van der Waals surface area contributed by atoms with E-state index in [1.165, 1.54) is 30.5 Å². The highest BCUT2D eigenvalue weighted by Gasteiger charge is 2.27. The molecule has 2 aliphatic rings. The lowest BCUT2D eigenvalue weighted by molar-refractivity contribution is 0.244. The van der Waals surface area contributed by atoms with Crippen molar-refractivity contribution in [3.05, 3.63) is 41.2 Å². The number of carbonyl (C=O) groups is 1. The lowest BCUT2D eigenvalue weighted by Crippen LogP contribution is -2.38. The van der Waals surface area contributed by atoms with Crippen LogP contribution >= 0.6 is 0 Å². The van der Waals surface area contributed by atoms with Gasteiger partial charge in [0.25, 0.3) is 0 Å². The number of benzene rings is 1. The molecule has 0 unspecified atom stereocenters. The number of rotatable bonds is 5. The topological polar surface area (TPSA) is 82.3 Å². The molecule has 6 nitrogen and oxygen atoms in total. The Balaban J connectivity index is 1.55. The molecule has 1 aromatic carbocycles. The largest absolute Gasteiger partial charge is 0.335 e. The number of aromatic nitrogens is 1. The molecule has 1 fully saturated rings. The predicted molar refractivity (Wildman–Crippen MR) is 119 cm³/mol. The number of hydrogen-bond acceptors (Lipinski definition) is 3. The summed E-state index contributed by atoms with van der Waals surface area (Å²) in [5.74, 6) is 0. The van der Waals surface area contributed by atoms with Crippen LogP contribution in [0.2, 0.25) is 0 Å². The Morgan fingerprint density at radius 1 is 1.14 bits per heavy atom. The second-order valence-corrected chi connectivity index (χ2v) is 8.07. The van der Waals surface area contributed by atoms with Crippen molar-refractivity contribution in [2.75, 3.05) is 5.32 Å². The molecule has 0 aliphatic heterocycles. The fourth-order valence-corrected chi connectivity index (χ4v) is 4.71. The van der Waals surface area contributed by atoms with Crippen molar-refractivity contribution in [2.24, 2.45) is 4.99 Å². The fourth-order valence-electron chi connectivity index (χ4n) is 4.71. The Hall–Kier alpha value is -2.89. The average Bonchev–Trinajstić information content (AvgIpc) is 3.29. The van der Waals surface area contributed by atoms with E-state index in [0.717, 1.165) is 54.9 Å². The summed E-state index contributed by atoms with van der Waals surface area (Å²) < 4.78 is 2.14. The van der Waals surface area contributed by atoms with E-state index in [0.29, 0.717) is 5.71 Å². The third-order valence-electron chi connectivity index (χ3n) is 6.03. The van der Waals surface area contributed by atoms with E-state index in [4.69, 9.17) is 5.41 Å². The van der Waals surface area contributed by atoms with Crippen molar-refractivity contribution in [3.8, 4) is 5.69 Å². The normalized spacial score (nSPS) is 16.3. The number of hydrogen-bond donors (Lipinski definition) is 3. The maximum atomic E-state index is 12.3. The molecule has 29 heavy (non-hydrogen) atoms. The molecule has 1 heterocycles. The smallest absolute Gasteiger partial charge is 0.319 e. The van der Waals surface area contributed by atoms with E-state index in [1.807, 2.05) is 24.3 Å². The van der Waals surface area contributed by atoms with Crippen molar-refractivity contribution >= 4 is 29.8 Å². The van der Waals surface area contributed by atoms with Crippen molar-refractivity contribution < 1.29 is 4.79 Å².